The number of aromatic nitrogens is 2. The van der Waals surface area contributed by atoms with Crippen molar-refractivity contribution < 1.29 is 0 Å². The van der Waals surface area contributed by atoms with E-state index < -0.39 is 0 Å². The largest absolute Gasteiger partial charge is 0.353 e. The summed E-state index contributed by atoms with van der Waals surface area (Å²) in [6.07, 6.45) is 5.94. The van der Waals surface area contributed by atoms with E-state index in [1.54, 1.807) is 0 Å². The molecule has 150 valence electrons. The number of fused-ring (bicyclic) bond motifs is 3. The molecule has 2 heterocycles. The second kappa shape index (κ2) is 7.27. The van der Waals surface area contributed by atoms with Gasteiger partial charge in [0, 0.05) is 36.7 Å². The summed E-state index contributed by atoms with van der Waals surface area (Å²) >= 11 is 6.40. The molecule has 3 aliphatic rings. The SMILES string of the molecule is Cc1ccc2c(c1)C1(CC2)CCc2c(nc(Cl)nc2N2CCN[C@@H](CC#N)C2)C1. The quantitative estimate of drug-likeness (QED) is 0.772. The molecule has 1 aromatic carbocycles. The number of nitrogens with one attached hydrogen (secondary N) is 1. The van der Waals surface area contributed by atoms with Crippen LogP contribution in [0.1, 0.15) is 47.2 Å². The zero-order valence-electron chi connectivity index (χ0n) is 16.8. The molecule has 1 saturated heterocycles. The minimum absolute atomic E-state index is 0.178. The normalized spacial score (nSPS) is 25.6. The summed E-state index contributed by atoms with van der Waals surface area (Å²) in [5.41, 5.74) is 6.93. The van der Waals surface area contributed by atoms with Gasteiger partial charge in [-0.3, -0.25) is 0 Å². The zero-order chi connectivity index (χ0) is 20.0. The van der Waals surface area contributed by atoms with Gasteiger partial charge in [-0.05, 0) is 61.8 Å². The van der Waals surface area contributed by atoms with Crippen molar-refractivity contribution in [3.63, 3.8) is 0 Å². The van der Waals surface area contributed by atoms with Crippen molar-refractivity contribution in [2.75, 3.05) is 24.5 Å². The van der Waals surface area contributed by atoms with Crippen molar-refractivity contribution in [1.29, 1.82) is 5.26 Å². The number of rotatable bonds is 2. The van der Waals surface area contributed by atoms with Crippen LogP contribution in [0.15, 0.2) is 18.2 Å². The van der Waals surface area contributed by atoms with E-state index in [0.717, 1.165) is 56.8 Å². The smallest absolute Gasteiger partial charge is 0.224 e. The standard InChI is InChI=1S/C23H26ClN5/c1-15-2-3-16-4-7-23(19(16)12-15)8-5-18-20(13-23)27-22(24)28-21(18)29-11-10-26-17(14-29)6-9-25/h2-3,12,17,26H,4-8,10-11,13-14H2,1H3/t17-,23?/m0/s1. The molecule has 1 spiro atoms. The van der Waals surface area contributed by atoms with Crippen molar-refractivity contribution in [1.82, 2.24) is 15.3 Å². The molecule has 5 rings (SSSR count). The molecule has 0 radical (unpaired) electrons. The number of nitriles is 1. The van der Waals surface area contributed by atoms with Crippen molar-refractivity contribution >= 4 is 17.4 Å². The number of anilines is 1. The highest BCUT2D eigenvalue weighted by molar-refractivity contribution is 6.28. The second-order valence-corrected chi connectivity index (χ2v) is 9.16. The molecular weight excluding hydrogens is 382 g/mol. The fourth-order valence-corrected chi connectivity index (χ4v) is 5.73. The number of hydrogen-bond donors (Lipinski definition) is 1. The first-order valence-electron chi connectivity index (χ1n) is 10.6. The Morgan fingerprint density at radius 3 is 3.03 bits per heavy atom. The summed E-state index contributed by atoms with van der Waals surface area (Å²) in [6.45, 7) is 4.72. The molecule has 0 bridgehead atoms. The molecule has 29 heavy (non-hydrogen) atoms. The van der Waals surface area contributed by atoms with Gasteiger partial charge in [0.05, 0.1) is 18.2 Å². The summed E-state index contributed by atoms with van der Waals surface area (Å²) < 4.78 is 0. The molecule has 2 aliphatic carbocycles. The van der Waals surface area contributed by atoms with Crippen LogP contribution in [-0.2, 0) is 24.7 Å². The van der Waals surface area contributed by atoms with Crippen molar-refractivity contribution in [2.24, 2.45) is 0 Å². The topological polar surface area (TPSA) is 64.8 Å². The van der Waals surface area contributed by atoms with Crippen LogP contribution in [-0.4, -0.2) is 35.6 Å². The average Bonchev–Trinajstić information content (AvgIpc) is 3.05. The van der Waals surface area contributed by atoms with Gasteiger partial charge in [-0.2, -0.15) is 5.26 Å². The highest BCUT2D eigenvalue weighted by Crippen LogP contribution is 2.48. The lowest BCUT2D eigenvalue weighted by molar-refractivity contribution is 0.362. The van der Waals surface area contributed by atoms with Gasteiger partial charge in [-0.1, -0.05) is 23.8 Å². The number of nitrogens with zero attached hydrogens (tertiary/aromatic N) is 4. The van der Waals surface area contributed by atoms with E-state index in [2.05, 4.69) is 46.4 Å². The maximum atomic E-state index is 9.07. The van der Waals surface area contributed by atoms with E-state index in [0.29, 0.717) is 11.7 Å². The van der Waals surface area contributed by atoms with E-state index in [9.17, 15) is 0 Å². The third kappa shape index (κ3) is 3.29. The first-order chi connectivity index (χ1) is 14.1. The maximum Gasteiger partial charge on any atom is 0.224 e. The van der Waals surface area contributed by atoms with Gasteiger partial charge in [0.25, 0.3) is 0 Å². The Morgan fingerprint density at radius 2 is 2.17 bits per heavy atom. The maximum absolute atomic E-state index is 9.07. The van der Waals surface area contributed by atoms with Crippen LogP contribution in [0.2, 0.25) is 5.28 Å². The molecule has 5 nitrogen and oxygen atoms in total. The predicted octanol–water partition coefficient (Wildman–Crippen LogP) is 3.50. The molecule has 1 aromatic heterocycles. The number of hydrogen-bond acceptors (Lipinski definition) is 5. The van der Waals surface area contributed by atoms with E-state index in [1.807, 2.05) is 0 Å². The molecule has 2 atom stereocenters. The van der Waals surface area contributed by atoms with Crippen LogP contribution in [0, 0.1) is 18.3 Å². The fraction of sp³-hybridized carbons (Fsp3) is 0.522. The molecule has 2 aromatic rings. The van der Waals surface area contributed by atoms with Gasteiger partial charge < -0.3 is 10.2 Å². The van der Waals surface area contributed by atoms with Crippen LogP contribution in [0.25, 0.3) is 0 Å². The number of aryl methyl sites for hydroxylation is 2. The lowest BCUT2D eigenvalue weighted by Gasteiger charge is -2.39. The summed E-state index contributed by atoms with van der Waals surface area (Å²) in [5.74, 6) is 0.988. The number of halogens is 1. The van der Waals surface area contributed by atoms with Gasteiger partial charge in [0.1, 0.15) is 5.82 Å². The summed E-state index contributed by atoms with van der Waals surface area (Å²) in [5, 5.41) is 12.8. The van der Waals surface area contributed by atoms with Crippen molar-refractivity contribution in [3.05, 3.63) is 51.4 Å². The Bertz CT molecular complexity index is 997. The minimum atomic E-state index is 0.178. The summed E-state index contributed by atoms with van der Waals surface area (Å²) in [6, 6.07) is 9.39. The van der Waals surface area contributed by atoms with Gasteiger partial charge in [0.2, 0.25) is 5.28 Å². The van der Waals surface area contributed by atoms with Crippen LogP contribution in [0.3, 0.4) is 0 Å². The monoisotopic (exact) mass is 407 g/mol. The van der Waals surface area contributed by atoms with Gasteiger partial charge in [-0.15, -0.1) is 0 Å². The second-order valence-electron chi connectivity index (χ2n) is 8.82. The molecule has 1 N–H and O–H groups in total. The number of benzene rings is 1. The lowest BCUT2D eigenvalue weighted by atomic mass is 9.69. The van der Waals surface area contributed by atoms with E-state index in [4.69, 9.17) is 21.8 Å². The van der Waals surface area contributed by atoms with Gasteiger partial charge >= 0.3 is 0 Å². The van der Waals surface area contributed by atoms with Gasteiger partial charge in [0.15, 0.2) is 0 Å². The van der Waals surface area contributed by atoms with Crippen LogP contribution in [0.4, 0.5) is 5.82 Å². The van der Waals surface area contributed by atoms with E-state index in [-0.39, 0.29) is 11.5 Å². The fourth-order valence-electron chi connectivity index (χ4n) is 5.54. The zero-order valence-corrected chi connectivity index (χ0v) is 17.6. The third-order valence-corrected chi connectivity index (χ3v) is 7.17. The molecular formula is C23H26ClN5. The van der Waals surface area contributed by atoms with Crippen molar-refractivity contribution in [3.8, 4) is 6.07 Å². The highest BCUT2D eigenvalue weighted by Gasteiger charge is 2.43. The van der Waals surface area contributed by atoms with Gasteiger partial charge in [-0.25, -0.2) is 9.97 Å². The molecule has 1 fully saturated rings. The van der Waals surface area contributed by atoms with Crippen LogP contribution >= 0.6 is 11.6 Å². The minimum Gasteiger partial charge on any atom is -0.353 e. The van der Waals surface area contributed by atoms with Crippen molar-refractivity contribution in [2.45, 2.75) is 56.9 Å². The third-order valence-electron chi connectivity index (χ3n) is 7.01. The van der Waals surface area contributed by atoms with Crippen LogP contribution in [0.5, 0.6) is 0 Å². The average molecular weight is 408 g/mol. The highest BCUT2D eigenvalue weighted by atomic mass is 35.5. The molecule has 1 aliphatic heterocycles. The summed E-state index contributed by atoms with van der Waals surface area (Å²) in [7, 11) is 0. The molecule has 1 unspecified atom stereocenters. The van der Waals surface area contributed by atoms with Crippen LogP contribution < -0.4 is 10.2 Å². The van der Waals surface area contributed by atoms with E-state index >= 15 is 0 Å². The first-order valence-corrected chi connectivity index (χ1v) is 11.0. The first kappa shape index (κ1) is 18.8. The Balaban J connectivity index is 1.49. The summed E-state index contributed by atoms with van der Waals surface area (Å²) in [4.78, 5) is 11.6. The predicted molar refractivity (Wildman–Crippen MR) is 114 cm³/mol. The lowest BCUT2D eigenvalue weighted by Crippen LogP contribution is -2.51. The molecule has 6 heteroatoms. The Hall–Kier alpha value is -2.16. The Morgan fingerprint density at radius 1 is 1.31 bits per heavy atom. The molecule has 0 amide bonds. The van der Waals surface area contributed by atoms with E-state index in [1.165, 1.54) is 28.7 Å². The Kier molecular flexibility index (Phi) is 4.72. The number of piperazine rings is 1. The molecule has 0 saturated carbocycles. The Labute approximate surface area is 177 Å².